The lowest BCUT2D eigenvalue weighted by molar-refractivity contribution is -0.0317. The maximum atomic E-state index is 10.9. The fourth-order valence-corrected chi connectivity index (χ4v) is 5.33. The number of aliphatic hydroxyl groups is 2. The molecule has 1 fully saturated rings. The van der Waals surface area contributed by atoms with Crippen molar-refractivity contribution in [3.05, 3.63) is 23.3 Å². The molecule has 1 saturated carbocycles. The van der Waals surface area contributed by atoms with Gasteiger partial charge in [-0.2, -0.15) is 0 Å². The van der Waals surface area contributed by atoms with Crippen LogP contribution in [0.15, 0.2) is 12.1 Å². The standard InChI is InChI=1S/C24H38O4/c1-14(7-6-8-15(2)25)16(3)17-11-21(27)23-19-13-18(26)9-10-20(19)24(4,5)28-22(23)12-17/h11-12,14-16,18-20,25-27H,6-10,13H2,1-5H3/t14?,15?,16?,18?,19-,20-/m1/s1. The van der Waals surface area contributed by atoms with Crippen LogP contribution in [-0.2, 0) is 0 Å². The number of aromatic hydroxyl groups is 1. The van der Waals surface area contributed by atoms with Crippen LogP contribution >= 0.6 is 0 Å². The van der Waals surface area contributed by atoms with Gasteiger partial charge in [-0.25, -0.2) is 0 Å². The van der Waals surface area contributed by atoms with Gasteiger partial charge in [0.1, 0.15) is 17.1 Å². The molecule has 3 rings (SSSR count). The Balaban J connectivity index is 1.85. The van der Waals surface area contributed by atoms with Crippen molar-refractivity contribution in [3.8, 4) is 11.5 Å². The van der Waals surface area contributed by atoms with E-state index >= 15 is 0 Å². The molecule has 0 saturated heterocycles. The fourth-order valence-electron chi connectivity index (χ4n) is 5.33. The predicted octanol–water partition coefficient (Wildman–Crippen LogP) is 5.10. The Morgan fingerprint density at radius 2 is 1.86 bits per heavy atom. The van der Waals surface area contributed by atoms with Gasteiger partial charge in [-0.15, -0.1) is 0 Å². The van der Waals surface area contributed by atoms with Gasteiger partial charge in [0.25, 0.3) is 0 Å². The first-order chi connectivity index (χ1) is 13.1. The maximum Gasteiger partial charge on any atom is 0.127 e. The van der Waals surface area contributed by atoms with Crippen LogP contribution in [0.1, 0.15) is 96.1 Å². The Hall–Kier alpha value is -1.26. The van der Waals surface area contributed by atoms with Crippen molar-refractivity contribution in [1.82, 2.24) is 0 Å². The molecular weight excluding hydrogens is 352 g/mol. The number of phenolic OH excluding ortho intramolecular Hbond substituents is 1. The molecule has 4 nitrogen and oxygen atoms in total. The highest BCUT2D eigenvalue weighted by Gasteiger charge is 2.47. The van der Waals surface area contributed by atoms with Crippen molar-refractivity contribution in [1.29, 1.82) is 0 Å². The minimum absolute atomic E-state index is 0.148. The first-order valence-corrected chi connectivity index (χ1v) is 11.0. The Bertz CT molecular complexity index is 681. The lowest BCUT2D eigenvalue weighted by atomic mass is 9.65. The van der Waals surface area contributed by atoms with Crippen molar-refractivity contribution in [2.24, 2.45) is 11.8 Å². The van der Waals surface area contributed by atoms with E-state index in [0.717, 1.165) is 49.0 Å². The van der Waals surface area contributed by atoms with Gasteiger partial charge in [0.2, 0.25) is 0 Å². The van der Waals surface area contributed by atoms with Crippen molar-refractivity contribution in [2.45, 2.75) is 103 Å². The third-order valence-corrected chi connectivity index (χ3v) is 7.26. The van der Waals surface area contributed by atoms with E-state index in [-0.39, 0.29) is 23.7 Å². The van der Waals surface area contributed by atoms with Gasteiger partial charge in [-0.05, 0) is 76.0 Å². The normalized spacial score (nSPS) is 29.2. The molecule has 1 aliphatic heterocycles. The third-order valence-electron chi connectivity index (χ3n) is 7.26. The lowest BCUT2D eigenvalue weighted by Crippen LogP contribution is -2.47. The Morgan fingerprint density at radius 1 is 1.14 bits per heavy atom. The summed E-state index contributed by atoms with van der Waals surface area (Å²) in [6.45, 7) is 10.6. The molecular formula is C24H38O4. The molecule has 6 atom stereocenters. The summed E-state index contributed by atoms with van der Waals surface area (Å²) in [4.78, 5) is 0. The number of fused-ring (bicyclic) bond motifs is 3. The molecule has 0 amide bonds. The monoisotopic (exact) mass is 390 g/mol. The van der Waals surface area contributed by atoms with E-state index in [1.807, 2.05) is 13.0 Å². The Labute approximate surface area is 169 Å². The van der Waals surface area contributed by atoms with Gasteiger partial charge in [-0.1, -0.05) is 26.7 Å². The number of hydrogen-bond acceptors (Lipinski definition) is 4. The zero-order valence-electron chi connectivity index (χ0n) is 18.1. The molecule has 2 aliphatic rings. The second-order valence-electron chi connectivity index (χ2n) is 9.88. The second-order valence-corrected chi connectivity index (χ2v) is 9.88. The number of phenols is 1. The highest BCUT2D eigenvalue weighted by molar-refractivity contribution is 5.52. The predicted molar refractivity (Wildman–Crippen MR) is 112 cm³/mol. The van der Waals surface area contributed by atoms with E-state index in [2.05, 4.69) is 33.8 Å². The van der Waals surface area contributed by atoms with Crippen molar-refractivity contribution in [2.75, 3.05) is 0 Å². The molecule has 4 unspecified atom stereocenters. The second kappa shape index (κ2) is 8.23. The van der Waals surface area contributed by atoms with Gasteiger partial charge in [0, 0.05) is 17.4 Å². The number of ether oxygens (including phenoxy) is 1. The molecule has 0 aromatic heterocycles. The SMILES string of the molecule is CC(O)CCCC(C)C(C)c1cc(O)c2c(c1)OC(C)(C)[C@@H]1CCC(O)C[C@@H]21. The lowest BCUT2D eigenvalue weighted by Gasteiger charge is -2.48. The number of aliphatic hydroxyl groups excluding tert-OH is 2. The van der Waals surface area contributed by atoms with Crippen LogP contribution in [0.3, 0.4) is 0 Å². The largest absolute Gasteiger partial charge is 0.508 e. The molecule has 3 N–H and O–H groups in total. The average molecular weight is 391 g/mol. The summed E-state index contributed by atoms with van der Waals surface area (Å²) in [7, 11) is 0. The fraction of sp³-hybridized carbons (Fsp3) is 0.750. The van der Waals surface area contributed by atoms with Crippen molar-refractivity contribution >= 4 is 0 Å². The van der Waals surface area contributed by atoms with E-state index < -0.39 is 0 Å². The Morgan fingerprint density at radius 3 is 2.54 bits per heavy atom. The van der Waals surface area contributed by atoms with Crippen molar-refractivity contribution < 1.29 is 20.1 Å². The maximum absolute atomic E-state index is 10.9. The summed E-state index contributed by atoms with van der Waals surface area (Å²) in [6, 6.07) is 4.03. The molecule has 1 heterocycles. The van der Waals surface area contributed by atoms with Crippen LogP contribution in [-0.4, -0.2) is 33.1 Å². The number of benzene rings is 1. The summed E-state index contributed by atoms with van der Waals surface area (Å²) >= 11 is 0. The highest BCUT2D eigenvalue weighted by atomic mass is 16.5. The zero-order valence-corrected chi connectivity index (χ0v) is 18.1. The van der Waals surface area contributed by atoms with Crippen molar-refractivity contribution in [3.63, 3.8) is 0 Å². The first-order valence-electron chi connectivity index (χ1n) is 11.0. The smallest absolute Gasteiger partial charge is 0.127 e. The van der Waals surface area contributed by atoms with Gasteiger partial charge < -0.3 is 20.1 Å². The van der Waals surface area contributed by atoms with Crippen LogP contribution in [0.25, 0.3) is 0 Å². The number of rotatable bonds is 6. The van der Waals surface area contributed by atoms with Gasteiger partial charge in [-0.3, -0.25) is 0 Å². The minimum Gasteiger partial charge on any atom is -0.508 e. The molecule has 28 heavy (non-hydrogen) atoms. The molecule has 4 heteroatoms. The molecule has 1 aromatic carbocycles. The summed E-state index contributed by atoms with van der Waals surface area (Å²) in [6.07, 6.45) is 4.77. The summed E-state index contributed by atoms with van der Waals surface area (Å²) < 4.78 is 6.41. The summed E-state index contributed by atoms with van der Waals surface area (Å²) in [5.41, 5.74) is 1.70. The molecule has 0 radical (unpaired) electrons. The highest BCUT2D eigenvalue weighted by Crippen LogP contribution is 2.55. The number of hydrogen-bond donors (Lipinski definition) is 3. The molecule has 158 valence electrons. The van der Waals surface area contributed by atoms with Gasteiger partial charge in [0.15, 0.2) is 0 Å². The summed E-state index contributed by atoms with van der Waals surface area (Å²) in [5.74, 6) is 2.32. The minimum atomic E-state index is -0.297. The molecule has 0 bridgehead atoms. The molecule has 1 aromatic rings. The van der Waals surface area contributed by atoms with Crippen LogP contribution in [0, 0.1) is 11.8 Å². The molecule has 1 aliphatic carbocycles. The quantitative estimate of drug-likeness (QED) is 0.632. The van der Waals surface area contributed by atoms with E-state index in [1.54, 1.807) is 0 Å². The zero-order chi connectivity index (χ0) is 20.6. The van der Waals surface area contributed by atoms with Crippen LogP contribution in [0.4, 0.5) is 0 Å². The van der Waals surface area contributed by atoms with Gasteiger partial charge >= 0.3 is 0 Å². The Kier molecular flexibility index (Phi) is 6.31. The van der Waals surface area contributed by atoms with E-state index in [4.69, 9.17) is 4.74 Å². The summed E-state index contributed by atoms with van der Waals surface area (Å²) in [5, 5.41) is 30.6. The van der Waals surface area contributed by atoms with E-state index in [9.17, 15) is 15.3 Å². The average Bonchev–Trinajstić information content (AvgIpc) is 2.59. The first kappa shape index (κ1) is 21.4. The van der Waals surface area contributed by atoms with E-state index in [0.29, 0.717) is 29.9 Å². The third kappa shape index (κ3) is 4.33. The van der Waals surface area contributed by atoms with Gasteiger partial charge in [0.05, 0.1) is 12.2 Å². The van der Waals surface area contributed by atoms with Crippen LogP contribution < -0.4 is 4.74 Å². The van der Waals surface area contributed by atoms with Crippen LogP contribution in [0.5, 0.6) is 11.5 Å². The topological polar surface area (TPSA) is 69.9 Å². The molecule has 0 spiro atoms. The van der Waals surface area contributed by atoms with Crippen LogP contribution in [0.2, 0.25) is 0 Å². The van der Waals surface area contributed by atoms with E-state index in [1.165, 1.54) is 0 Å².